The van der Waals surface area contributed by atoms with Crippen molar-refractivity contribution >= 4 is 11.8 Å². The lowest BCUT2D eigenvalue weighted by atomic mass is 10.1. The van der Waals surface area contributed by atoms with Gasteiger partial charge in [0.05, 0.1) is 0 Å². The molecule has 2 aromatic rings. The number of benzene rings is 1. The first-order chi connectivity index (χ1) is 8.72. The maximum absolute atomic E-state index is 14.0. The van der Waals surface area contributed by atoms with Crippen LogP contribution in [0.1, 0.15) is 25.5 Å². The summed E-state index contributed by atoms with van der Waals surface area (Å²) in [4.78, 5) is 8.05. The molecule has 5 heteroatoms. The summed E-state index contributed by atoms with van der Waals surface area (Å²) >= 11 is 1.44. The monoisotopic (exact) mass is 265 g/mol. The van der Waals surface area contributed by atoms with Gasteiger partial charge < -0.3 is 10.3 Å². The molecule has 0 aliphatic heterocycles. The first-order valence-electron chi connectivity index (χ1n) is 5.91. The average Bonchev–Trinajstić information content (AvgIpc) is 2.82. The minimum absolute atomic E-state index is 0.0198. The van der Waals surface area contributed by atoms with E-state index < -0.39 is 0 Å². The van der Waals surface area contributed by atoms with E-state index >= 15 is 0 Å². The van der Waals surface area contributed by atoms with E-state index in [1.807, 2.05) is 19.9 Å². The van der Waals surface area contributed by atoms with Gasteiger partial charge in [-0.2, -0.15) is 0 Å². The summed E-state index contributed by atoms with van der Waals surface area (Å²) in [5.41, 5.74) is 0.695. The summed E-state index contributed by atoms with van der Waals surface area (Å²) in [5, 5.41) is 4.01. The number of aromatic amines is 1. The molecule has 2 rings (SSSR count). The van der Waals surface area contributed by atoms with Gasteiger partial charge in [-0.1, -0.05) is 24.8 Å². The third kappa shape index (κ3) is 2.91. The second kappa shape index (κ2) is 6.02. The molecule has 1 aromatic heterocycles. The number of halogens is 1. The maximum atomic E-state index is 14.0. The Kier molecular flexibility index (Phi) is 4.38. The zero-order valence-corrected chi connectivity index (χ0v) is 11.2. The molecule has 0 radical (unpaired) electrons. The summed E-state index contributed by atoms with van der Waals surface area (Å²) in [6, 6.07) is 5.12. The number of H-pyrrole nitrogens is 1. The van der Waals surface area contributed by atoms with Crippen LogP contribution in [0.2, 0.25) is 0 Å². The molecule has 0 spiro atoms. The van der Waals surface area contributed by atoms with E-state index in [2.05, 4.69) is 15.3 Å². The van der Waals surface area contributed by atoms with E-state index in [-0.39, 0.29) is 11.9 Å². The topological polar surface area (TPSA) is 40.7 Å². The minimum Gasteiger partial charge on any atom is -0.339 e. The molecule has 0 bridgehead atoms. The molecule has 1 unspecified atom stereocenters. The first-order valence-corrected chi connectivity index (χ1v) is 6.73. The number of hydrogen-bond acceptors (Lipinski definition) is 3. The standard InChI is InChI=1S/C13H16FN3S/c1-3-15-9(2)12-10(14)5-4-6-11(12)18-13-16-7-8-17-13/h4-9,15H,3H2,1-2H3,(H,16,17). The van der Waals surface area contributed by atoms with Gasteiger partial charge in [0, 0.05) is 28.9 Å². The Morgan fingerprint density at radius 3 is 3.00 bits per heavy atom. The molecule has 0 fully saturated rings. The van der Waals surface area contributed by atoms with Gasteiger partial charge in [0.1, 0.15) is 5.82 Å². The molecule has 0 aliphatic carbocycles. The Hall–Kier alpha value is -1.33. The van der Waals surface area contributed by atoms with Crippen molar-refractivity contribution in [2.45, 2.75) is 29.9 Å². The van der Waals surface area contributed by atoms with Crippen LogP contribution in [0.25, 0.3) is 0 Å². The number of imidazole rings is 1. The fourth-order valence-corrected chi connectivity index (χ4v) is 2.83. The lowest BCUT2D eigenvalue weighted by Crippen LogP contribution is -2.19. The van der Waals surface area contributed by atoms with Crippen LogP contribution >= 0.6 is 11.8 Å². The third-order valence-electron chi connectivity index (χ3n) is 2.64. The molecule has 3 nitrogen and oxygen atoms in total. The number of hydrogen-bond donors (Lipinski definition) is 2. The fraction of sp³-hybridized carbons (Fsp3) is 0.308. The van der Waals surface area contributed by atoms with Gasteiger partial charge in [-0.05, 0) is 25.6 Å². The van der Waals surface area contributed by atoms with Crippen LogP contribution in [-0.2, 0) is 0 Å². The third-order valence-corrected chi connectivity index (χ3v) is 3.63. The van der Waals surface area contributed by atoms with Crippen LogP contribution in [0.4, 0.5) is 4.39 Å². The Balaban J connectivity index is 2.31. The van der Waals surface area contributed by atoms with Crippen molar-refractivity contribution in [2.75, 3.05) is 6.54 Å². The molecule has 1 atom stereocenters. The predicted molar refractivity (Wildman–Crippen MR) is 71.2 cm³/mol. The molecule has 1 aromatic carbocycles. The van der Waals surface area contributed by atoms with Crippen molar-refractivity contribution in [3.05, 3.63) is 42.0 Å². The molecule has 96 valence electrons. The van der Waals surface area contributed by atoms with Crippen LogP contribution in [0.3, 0.4) is 0 Å². The molecular weight excluding hydrogens is 249 g/mol. The molecule has 0 aliphatic rings. The highest BCUT2D eigenvalue weighted by atomic mass is 32.2. The van der Waals surface area contributed by atoms with Crippen molar-refractivity contribution in [1.82, 2.24) is 15.3 Å². The summed E-state index contributed by atoms with van der Waals surface area (Å²) in [6.07, 6.45) is 3.45. The van der Waals surface area contributed by atoms with E-state index in [1.54, 1.807) is 18.5 Å². The van der Waals surface area contributed by atoms with E-state index in [0.717, 1.165) is 16.6 Å². The van der Waals surface area contributed by atoms with Crippen LogP contribution in [0.5, 0.6) is 0 Å². The maximum Gasteiger partial charge on any atom is 0.170 e. The van der Waals surface area contributed by atoms with E-state index in [0.29, 0.717) is 5.56 Å². The molecule has 0 amide bonds. The fourth-order valence-electron chi connectivity index (χ4n) is 1.85. The van der Waals surface area contributed by atoms with Gasteiger partial charge in [0.15, 0.2) is 5.16 Å². The van der Waals surface area contributed by atoms with Crippen molar-refractivity contribution in [1.29, 1.82) is 0 Å². The highest BCUT2D eigenvalue weighted by Crippen LogP contribution is 2.32. The van der Waals surface area contributed by atoms with Crippen LogP contribution in [-0.4, -0.2) is 16.5 Å². The average molecular weight is 265 g/mol. The van der Waals surface area contributed by atoms with E-state index in [1.165, 1.54) is 17.8 Å². The van der Waals surface area contributed by atoms with Gasteiger partial charge in [0.25, 0.3) is 0 Å². The van der Waals surface area contributed by atoms with Crippen LogP contribution < -0.4 is 5.32 Å². The Morgan fingerprint density at radius 1 is 1.50 bits per heavy atom. The molecule has 2 N–H and O–H groups in total. The SMILES string of the molecule is CCNC(C)c1c(F)cccc1Sc1ncc[nH]1. The second-order valence-corrected chi connectivity index (χ2v) is 4.96. The largest absolute Gasteiger partial charge is 0.339 e. The van der Waals surface area contributed by atoms with E-state index in [4.69, 9.17) is 0 Å². The normalized spacial score (nSPS) is 12.6. The molecule has 0 saturated heterocycles. The molecular formula is C13H16FN3S. The predicted octanol–water partition coefficient (Wildman–Crippen LogP) is 3.37. The number of nitrogens with zero attached hydrogens (tertiary/aromatic N) is 1. The van der Waals surface area contributed by atoms with Gasteiger partial charge in [-0.3, -0.25) is 0 Å². The first kappa shape index (κ1) is 13.1. The van der Waals surface area contributed by atoms with Crippen LogP contribution in [0, 0.1) is 5.82 Å². The molecule has 18 heavy (non-hydrogen) atoms. The summed E-state index contributed by atoms with van der Waals surface area (Å²) in [5.74, 6) is -0.181. The second-order valence-electron chi connectivity index (χ2n) is 3.93. The number of rotatable bonds is 5. The highest BCUT2D eigenvalue weighted by Gasteiger charge is 2.16. The molecule has 1 heterocycles. The molecule has 0 saturated carbocycles. The smallest absolute Gasteiger partial charge is 0.170 e. The van der Waals surface area contributed by atoms with Crippen molar-refractivity contribution in [2.24, 2.45) is 0 Å². The van der Waals surface area contributed by atoms with Gasteiger partial charge in [-0.25, -0.2) is 9.37 Å². The van der Waals surface area contributed by atoms with Crippen molar-refractivity contribution in [3.8, 4) is 0 Å². The Labute approximate surface area is 110 Å². The van der Waals surface area contributed by atoms with Gasteiger partial charge >= 0.3 is 0 Å². The quantitative estimate of drug-likeness (QED) is 0.871. The zero-order valence-electron chi connectivity index (χ0n) is 10.4. The van der Waals surface area contributed by atoms with Crippen molar-refractivity contribution in [3.63, 3.8) is 0 Å². The lowest BCUT2D eigenvalue weighted by Gasteiger charge is -2.17. The van der Waals surface area contributed by atoms with E-state index in [9.17, 15) is 4.39 Å². The minimum atomic E-state index is -0.181. The summed E-state index contributed by atoms with van der Waals surface area (Å²) in [6.45, 7) is 4.78. The summed E-state index contributed by atoms with van der Waals surface area (Å²) in [7, 11) is 0. The lowest BCUT2D eigenvalue weighted by molar-refractivity contribution is 0.531. The highest BCUT2D eigenvalue weighted by molar-refractivity contribution is 7.99. The Morgan fingerprint density at radius 2 is 2.33 bits per heavy atom. The number of nitrogens with one attached hydrogen (secondary N) is 2. The Bertz CT molecular complexity index is 499. The summed E-state index contributed by atoms with van der Waals surface area (Å²) < 4.78 is 14.0. The van der Waals surface area contributed by atoms with Gasteiger partial charge in [0.2, 0.25) is 0 Å². The van der Waals surface area contributed by atoms with Crippen LogP contribution in [0.15, 0.2) is 40.6 Å². The zero-order chi connectivity index (χ0) is 13.0. The number of aromatic nitrogens is 2. The van der Waals surface area contributed by atoms with Crippen molar-refractivity contribution < 1.29 is 4.39 Å². The van der Waals surface area contributed by atoms with Gasteiger partial charge in [-0.15, -0.1) is 0 Å².